The summed E-state index contributed by atoms with van der Waals surface area (Å²) in [6.45, 7) is 0. The minimum Gasteiger partial charge on any atom is -0.261 e. The number of rotatable bonds is 4. The average molecular weight is 325 g/mol. The van der Waals surface area contributed by atoms with Gasteiger partial charge in [-0.1, -0.05) is 30.3 Å². The largest absolute Gasteiger partial charge is 0.261 e. The molecule has 25 heavy (non-hydrogen) atoms. The summed E-state index contributed by atoms with van der Waals surface area (Å²) in [7, 11) is 0. The second kappa shape index (κ2) is 6.88. The molecule has 4 aromatic rings. The molecule has 0 atom stereocenters. The van der Waals surface area contributed by atoms with Crippen molar-refractivity contribution in [3.05, 3.63) is 96.6 Å². The summed E-state index contributed by atoms with van der Waals surface area (Å²) in [6, 6.07) is 23.3. The monoisotopic (exact) mass is 325 g/mol. The van der Waals surface area contributed by atoms with E-state index in [0.29, 0.717) is 11.5 Å². The molecule has 120 valence electrons. The van der Waals surface area contributed by atoms with E-state index < -0.39 is 0 Å². The van der Waals surface area contributed by atoms with Gasteiger partial charge in [-0.25, -0.2) is 4.98 Å². The summed E-state index contributed by atoms with van der Waals surface area (Å²) in [5.41, 5.74) is 6.10. The van der Waals surface area contributed by atoms with Crippen molar-refractivity contribution in [1.29, 1.82) is 0 Å². The first-order valence-electron chi connectivity index (χ1n) is 7.92. The maximum atomic E-state index is 4.58. The lowest BCUT2D eigenvalue weighted by Crippen LogP contribution is -2.10. The Labute approximate surface area is 145 Å². The molecule has 0 saturated heterocycles. The van der Waals surface area contributed by atoms with Gasteiger partial charge in [-0.2, -0.15) is 5.10 Å². The van der Waals surface area contributed by atoms with Crippen LogP contribution in [0.3, 0.4) is 0 Å². The highest BCUT2D eigenvalue weighted by Crippen LogP contribution is 2.15. The van der Waals surface area contributed by atoms with Crippen molar-refractivity contribution >= 4 is 22.4 Å². The maximum Gasteiger partial charge on any atom is 0.146 e. The van der Waals surface area contributed by atoms with Crippen molar-refractivity contribution in [2.45, 2.75) is 0 Å². The summed E-state index contributed by atoms with van der Waals surface area (Å²) in [4.78, 5) is 13.3. The quantitative estimate of drug-likeness (QED) is 0.457. The molecule has 5 heteroatoms. The van der Waals surface area contributed by atoms with Crippen molar-refractivity contribution in [2.24, 2.45) is 5.10 Å². The lowest BCUT2D eigenvalue weighted by molar-refractivity contribution is 1.20. The third-order valence-corrected chi connectivity index (χ3v) is 3.70. The van der Waals surface area contributed by atoms with Gasteiger partial charge < -0.3 is 0 Å². The second-order valence-electron chi connectivity index (χ2n) is 5.39. The number of hydrazone groups is 1. The first-order chi connectivity index (χ1) is 12.4. The van der Waals surface area contributed by atoms with Gasteiger partial charge in [0, 0.05) is 17.8 Å². The van der Waals surface area contributed by atoms with Gasteiger partial charge in [-0.15, -0.1) is 0 Å². The molecule has 0 radical (unpaired) electrons. The van der Waals surface area contributed by atoms with E-state index in [4.69, 9.17) is 0 Å². The highest BCUT2D eigenvalue weighted by atomic mass is 15.3. The van der Waals surface area contributed by atoms with Gasteiger partial charge in [0.2, 0.25) is 0 Å². The van der Waals surface area contributed by atoms with Crippen LogP contribution in [0, 0.1) is 0 Å². The summed E-state index contributed by atoms with van der Waals surface area (Å²) >= 11 is 0. The van der Waals surface area contributed by atoms with Gasteiger partial charge in [-0.3, -0.25) is 15.4 Å². The second-order valence-corrected chi connectivity index (χ2v) is 5.39. The Morgan fingerprint density at radius 2 is 1.40 bits per heavy atom. The van der Waals surface area contributed by atoms with Crippen molar-refractivity contribution in [2.75, 3.05) is 5.43 Å². The van der Waals surface area contributed by atoms with Crippen LogP contribution in [0.2, 0.25) is 0 Å². The molecule has 5 nitrogen and oxygen atoms in total. The summed E-state index contributed by atoms with van der Waals surface area (Å²) in [6.07, 6.45) is 3.48. The van der Waals surface area contributed by atoms with E-state index in [1.54, 1.807) is 12.4 Å². The molecule has 0 fully saturated rings. The van der Waals surface area contributed by atoms with E-state index in [0.717, 1.165) is 22.3 Å². The fourth-order valence-corrected chi connectivity index (χ4v) is 2.49. The minimum atomic E-state index is 0.663. The Morgan fingerprint density at radius 1 is 0.720 bits per heavy atom. The van der Waals surface area contributed by atoms with Crippen LogP contribution < -0.4 is 5.43 Å². The normalized spacial score (nSPS) is 10.4. The Balaban J connectivity index is 1.71. The van der Waals surface area contributed by atoms with Gasteiger partial charge in [0.05, 0.1) is 16.9 Å². The number of pyridine rings is 3. The molecular weight excluding hydrogens is 310 g/mol. The molecule has 3 aromatic heterocycles. The molecule has 0 unspecified atom stereocenters. The Hall–Kier alpha value is -3.60. The summed E-state index contributed by atoms with van der Waals surface area (Å²) < 4.78 is 0. The van der Waals surface area contributed by atoms with Crippen molar-refractivity contribution in [3.63, 3.8) is 0 Å². The number of para-hydroxylation sites is 1. The summed E-state index contributed by atoms with van der Waals surface area (Å²) in [5.74, 6) is 0.670. The zero-order valence-corrected chi connectivity index (χ0v) is 13.4. The van der Waals surface area contributed by atoms with Gasteiger partial charge in [0.25, 0.3) is 0 Å². The number of nitrogens with one attached hydrogen (secondary N) is 1. The fourth-order valence-electron chi connectivity index (χ4n) is 2.49. The number of benzene rings is 1. The molecule has 0 saturated carbocycles. The molecule has 0 aliphatic heterocycles. The number of hydrogen-bond donors (Lipinski definition) is 1. The molecule has 0 aliphatic carbocycles. The van der Waals surface area contributed by atoms with Gasteiger partial charge in [0.1, 0.15) is 11.5 Å². The molecule has 0 aliphatic rings. The van der Waals surface area contributed by atoms with Gasteiger partial charge >= 0.3 is 0 Å². The molecule has 3 heterocycles. The van der Waals surface area contributed by atoms with E-state index in [-0.39, 0.29) is 0 Å². The van der Waals surface area contributed by atoms with E-state index in [9.17, 15) is 0 Å². The Morgan fingerprint density at radius 3 is 2.08 bits per heavy atom. The van der Waals surface area contributed by atoms with E-state index in [1.165, 1.54) is 0 Å². The van der Waals surface area contributed by atoms with Gasteiger partial charge in [0.15, 0.2) is 0 Å². The molecular formula is C20H15N5. The predicted molar refractivity (Wildman–Crippen MR) is 99.5 cm³/mol. The zero-order valence-electron chi connectivity index (χ0n) is 13.4. The van der Waals surface area contributed by atoms with Crippen LogP contribution in [0.1, 0.15) is 11.4 Å². The van der Waals surface area contributed by atoms with E-state index >= 15 is 0 Å². The number of anilines is 1. The molecule has 0 amide bonds. The number of aromatic nitrogens is 3. The summed E-state index contributed by atoms with van der Waals surface area (Å²) in [5, 5.41) is 5.61. The number of hydrogen-bond acceptors (Lipinski definition) is 5. The third-order valence-electron chi connectivity index (χ3n) is 3.70. The molecule has 0 spiro atoms. The van der Waals surface area contributed by atoms with Crippen molar-refractivity contribution in [3.8, 4) is 0 Å². The maximum absolute atomic E-state index is 4.58. The van der Waals surface area contributed by atoms with Crippen LogP contribution in [0.15, 0.2) is 90.3 Å². The third kappa shape index (κ3) is 3.35. The van der Waals surface area contributed by atoms with Crippen LogP contribution in [0.25, 0.3) is 10.9 Å². The highest BCUT2D eigenvalue weighted by Gasteiger charge is 2.09. The first kappa shape index (κ1) is 15.0. The zero-order chi connectivity index (χ0) is 16.9. The average Bonchev–Trinajstić information content (AvgIpc) is 2.70. The molecule has 1 aromatic carbocycles. The Kier molecular flexibility index (Phi) is 4.12. The topological polar surface area (TPSA) is 63.1 Å². The molecule has 4 rings (SSSR count). The lowest BCUT2D eigenvalue weighted by atomic mass is 10.1. The van der Waals surface area contributed by atoms with Crippen molar-refractivity contribution < 1.29 is 0 Å². The fraction of sp³-hybridized carbons (Fsp3) is 0. The van der Waals surface area contributed by atoms with E-state index in [2.05, 4.69) is 25.5 Å². The molecule has 1 N–H and O–H groups in total. The Bertz CT molecular complexity index is 972. The van der Waals surface area contributed by atoms with Crippen LogP contribution in [0.4, 0.5) is 5.82 Å². The van der Waals surface area contributed by atoms with Crippen LogP contribution in [0.5, 0.6) is 0 Å². The predicted octanol–water partition coefficient (Wildman–Crippen LogP) is 3.89. The minimum absolute atomic E-state index is 0.663. The van der Waals surface area contributed by atoms with Crippen LogP contribution in [-0.4, -0.2) is 20.7 Å². The number of fused-ring (bicyclic) bond motifs is 1. The first-order valence-corrected chi connectivity index (χ1v) is 7.92. The highest BCUT2D eigenvalue weighted by molar-refractivity contribution is 6.10. The van der Waals surface area contributed by atoms with Crippen LogP contribution in [-0.2, 0) is 0 Å². The smallest absolute Gasteiger partial charge is 0.146 e. The van der Waals surface area contributed by atoms with Gasteiger partial charge in [-0.05, 0) is 42.5 Å². The lowest BCUT2D eigenvalue weighted by Gasteiger charge is -2.07. The van der Waals surface area contributed by atoms with E-state index in [1.807, 2.05) is 72.8 Å². The number of nitrogens with zero attached hydrogens (tertiary/aromatic N) is 4. The standard InChI is InChI=1S/C20H15N5/c1-2-8-16-15(7-1)11-12-19(23-16)24-25-20(17-9-3-5-13-21-17)18-10-4-6-14-22-18/h1-14H,(H,23,24). The van der Waals surface area contributed by atoms with Crippen LogP contribution >= 0.6 is 0 Å². The molecule has 0 bridgehead atoms. The van der Waals surface area contributed by atoms with Crippen molar-refractivity contribution in [1.82, 2.24) is 15.0 Å². The SMILES string of the molecule is c1ccc(C(=NNc2ccc3ccccc3n2)c2ccccn2)nc1.